The van der Waals surface area contributed by atoms with Crippen molar-refractivity contribution in [3.63, 3.8) is 0 Å². The van der Waals surface area contributed by atoms with Gasteiger partial charge in [-0.25, -0.2) is 0 Å². The highest BCUT2D eigenvalue weighted by Crippen LogP contribution is 2.41. The van der Waals surface area contributed by atoms with Gasteiger partial charge in [0.1, 0.15) is 0 Å². The molecular weight excluding hydrogens is 196 g/mol. The largest absolute Gasteiger partial charge is 0.392 e. The fourth-order valence-electron chi connectivity index (χ4n) is 2.44. The fourth-order valence-corrected chi connectivity index (χ4v) is 2.44. The number of rotatable bonds is 3. The fraction of sp³-hybridized carbons (Fsp3) is 0.600. The molecule has 16 heavy (non-hydrogen) atoms. The van der Waals surface area contributed by atoms with Gasteiger partial charge < -0.3 is 5.11 Å². The molecular formula is C15H24O. The van der Waals surface area contributed by atoms with Crippen molar-refractivity contribution in [2.24, 2.45) is 11.3 Å². The van der Waals surface area contributed by atoms with Gasteiger partial charge in [-0.3, -0.25) is 0 Å². The lowest BCUT2D eigenvalue weighted by Crippen LogP contribution is -2.26. The van der Waals surface area contributed by atoms with E-state index in [1.807, 2.05) is 13.0 Å². The van der Waals surface area contributed by atoms with Crippen LogP contribution in [0, 0.1) is 11.3 Å². The molecule has 1 nitrogen and oxygen atoms in total. The highest BCUT2D eigenvalue weighted by Gasteiger charge is 2.30. The highest BCUT2D eigenvalue weighted by atomic mass is 16.2. The Morgan fingerprint density at radius 2 is 2.25 bits per heavy atom. The first-order valence-electron chi connectivity index (χ1n) is 6.10. The molecule has 0 radical (unpaired) electrons. The highest BCUT2D eigenvalue weighted by molar-refractivity contribution is 5.24. The molecule has 1 aliphatic rings. The summed E-state index contributed by atoms with van der Waals surface area (Å²) in [6.45, 7) is 9.05. The molecule has 1 N–H and O–H groups in total. The molecule has 0 unspecified atom stereocenters. The minimum Gasteiger partial charge on any atom is -0.392 e. The first-order valence-corrected chi connectivity index (χ1v) is 6.10. The molecule has 0 saturated heterocycles. The maximum absolute atomic E-state index is 8.81. The second-order valence-electron chi connectivity index (χ2n) is 5.44. The van der Waals surface area contributed by atoms with Crippen molar-refractivity contribution in [1.29, 1.82) is 0 Å². The summed E-state index contributed by atoms with van der Waals surface area (Å²) in [5, 5.41) is 8.81. The number of aliphatic hydroxyl groups excluding tert-OH is 1. The molecule has 0 bridgehead atoms. The van der Waals surface area contributed by atoms with Gasteiger partial charge in [-0.2, -0.15) is 0 Å². The van der Waals surface area contributed by atoms with Gasteiger partial charge in [0, 0.05) is 5.92 Å². The van der Waals surface area contributed by atoms with E-state index in [9.17, 15) is 0 Å². The van der Waals surface area contributed by atoms with Crippen LogP contribution in [-0.4, -0.2) is 11.7 Å². The smallest absolute Gasteiger partial charge is 0.0617 e. The van der Waals surface area contributed by atoms with Crippen molar-refractivity contribution < 1.29 is 5.11 Å². The second kappa shape index (κ2) is 5.49. The van der Waals surface area contributed by atoms with Crippen molar-refractivity contribution in [2.75, 3.05) is 6.61 Å². The molecule has 0 amide bonds. The predicted octanol–water partition coefficient (Wildman–Crippen LogP) is 3.86. The first kappa shape index (κ1) is 13.2. The zero-order valence-electron chi connectivity index (χ0n) is 11.0. The van der Waals surface area contributed by atoms with Crippen molar-refractivity contribution in [3.05, 3.63) is 35.5 Å². The minimum absolute atomic E-state index is 0.124. The van der Waals surface area contributed by atoms with Crippen LogP contribution >= 0.6 is 0 Å². The summed E-state index contributed by atoms with van der Waals surface area (Å²) >= 11 is 0. The molecule has 0 heterocycles. The molecule has 0 aromatic carbocycles. The SMILES string of the molecule is CC1=CCCC(C)(C)[C@H]1/C=C/C(C)=C\CO. The van der Waals surface area contributed by atoms with E-state index in [0.717, 1.165) is 5.57 Å². The van der Waals surface area contributed by atoms with E-state index < -0.39 is 0 Å². The molecule has 1 rings (SSSR count). The van der Waals surface area contributed by atoms with Crippen LogP contribution in [0.2, 0.25) is 0 Å². The zero-order valence-corrected chi connectivity index (χ0v) is 11.0. The van der Waals surface area contributed by atoms with E-state index in [2.05, 4.69) is 39.0 Å². The lowest BCUT2D eigenvalue weighted by Gasteiger charge is -2.36. The summed E-state index contributed by atoms with van der Waals surface area (Å²) in [5.41, 5.74) is 2.97. The number of hydrogen-bond donors (Lipinski definition) is 1. The van der Waals surface area contributed by atoms with E-state index in [0.29, 0.717) is 11.3 Å². The van der Waals surface area contributed by atoms with Gasteiger partial charge in [-0.15, -0.1) is 0 Å². The van der Waals surface area contributed by atoms with E-state index in [-0.39, 0.29) is 6.61 Å². The van der Waals surface area contributed by atoms with E-state index >= 15 is 0 Å². The topological polar surface area (TPSA) is 20.2 Å². The molecule has 0 saturated carbocycles. The molecule has 90 valence electrons. The van der Waals surface area contributed by atoms with Crippen molar-refractivity contribution in [3.8, 4) is 0 Å². The third kappa shape index (κ3) is 3.34. The summed E-state index contributed by atoms with van der Waals surface area (Å²) in [4.78, 5) is 0. The Labute approximate surface area is 99.6 Å². The summed E-state index contributed by atoms with van der Waals surface area (Å²) in [7, 11) is 0. The molecule has 0 aromatic heterocycles. The van der Waals surface area contributed by atoms with Crippen LogP contribution in [-0.2, 0) is 0 Å². The van der Waals surface area contributed by atoms with Crippen LogP contribution in [0.3, 0.4) is 0 Å². The number of allylic oxidation sites excluding steroid dienone is 5. The maximum atomic E-state index is 8.81. The van der Waals surface area contributed by atoms with Crippen molar-refractivity contribution in [1.82, 2.24) is 0 Å². The minimum atomic E-state index is 0.124. The Morgan fingerprint density at radius 3 is 2.81 bits per heavy atom. The Kier molecular flexibility index (Phi) is 4.55. The van der Waals surface area contributed by atoms with E-state index in [1.54, 1.807) is 0 Å². The average molecular weight is 220 g/mol. The Bertz CT molecular complexity index is 318. The summed E-state index contributed by atoms with van der Waals surface area (Å²) in [6.07, 6.45) is 11.1. The third-order valence-corrected chi connectivity index (χ3v) is 3.55. The predicted molar refractivity (Wildman–Crippen MR) is 70.2 cm³/mol. The van der Waals surface area contributed by atoms with Gasteiger partial charge in [0.2, 0.25) is 0 Å². The van der Waals surface area contributed by atoms with Crippen LogP contribution in [0.25, 0.3) is 0 Å². The third-order valence-electron chi connectivity index (χ3n) is 3.55. The zero-order chi connectivity index (χ0) is 12.2. The molecule has 0 spiro atoms. The van der Waals surface area contributed by atoms with Gasteiger partial charge in [-0.05, 0) is 32.1 Å². The van der Waals surface area contributed by atoms with Crippen molar-refractivity contribution in [2.45, 2.75) is 40.5 Å². The van der Waals surface area contributed by atoms with Gasteiger partial charge in [0.15, 0.2) is 0 Å². The Balaban J connectivity index is 2.81. The van der Waals surface area contributed by atoms with E-state index in [1.165, 1.54) is 18.4 Å². The summed E-state index contributed by atoms with van der Waals surface area (Å²) in [6, 6.07) is 0. The van der Waals surface area contributed by atoms with Gasteiger partial charge in [0.25, 0.3) is 0 Å². The van der Waals surface area contributed by atoms with Gasteiger partial charge >= 0.3 is 0 Å². The summed E-state index contributed by atoms with van der Waals surface area (Å²) in [5.74, 6) is 0.531. The van der Waals surface area contributed by atoms with Crippen LogP contribution in [0.1, 0.15) is 40.5 Å². The maximum Gasteiger partial charge on any atom is 0.0617 e. The molecule has 0 aliphatic heterocycles. The first-order chi connectivity index (χ1) is 7.47. The van der Waals surface area contributed by atoms with Gasteiger partial charge in [-0.1, -0.05) is 49.3 Å². The molecule has 1 atom stereocenters. The number of hydrogen-bond acceptors (Lipinski definition) is 1. The average Bonchev–Trinajstić information content (AvgIpc) is 2.16. The van der Waals surface area contributed by atoms with Crippen molar-refractivity contribution >= 4 is 0 Å². The number of aliphatic hydroxyl groups is 1. The van der Waals surface area contributed by atoms with Crippen LogP contribution in [0.5, 0.6) is 0 Å². The quantitative estimate of drug-likeness (QED) is 0.565. The second-order valence-corrected chi connectivity index (χ2v) is 5.44. The molecule has 0 aromatic rings. The van der Waals surface area contributed by atoms with Crippen LogP contribution < -0.4 is 0 Å². The Hall–Kier alpha value is -0.820. The van der Waals surface area contributed by atoms with Gasteiger partial charge in [0.05, 0.1) is 6.61 Å². The van der Waals surface area contributed by atoms with E-state index in [4.69, 9.17) is 5.11 Å². The summed E-state index contributed by atoms with van der Waals surface area (Å²) < 4.78 is 0. The lowest BCUT2D eigenvalue weighted by atomic mass is 9.68. The lowest BCUT2D eigenvalue weighted by molar-refractivity contribution is 0.255. The standard InChI is InChI=1S/C15H24O/c1-12(9-11-16)7-8-14-13(2)6-5-10-15(14,3)4/h6-9,14,16H,5,10-11H2,1-4H3/b8-7+,12-9-/t14-/m0/s1. The molecule has 1 heteroatoms. The Morgan fingerprint density at radius 1 is 1.56 bits per heavy atom. The van der Waals surface area contributed by atoms with Crippen LogP contribution in [0.4, 0.5) is 0 Å². The van der Waals surface area contributed by atoms with Crippen LogP contribution in [0.15, 0.2) is 35.5 Å². The molecule has 0 fully saturated rings. The molecule has 1 aliphatic carbocycles. The normalized spacial score (nSPS) is 25.9. The monoisotopic (exact) mass is 220 g/mol.